The SMILES string of the molecule is COC1=CC(=O)c2c(c(C)c(C)n2C)C1=O. The third kappa shape index (κ3) is 1.16. The Bertz CT molecular complexity index is 535. The van der Waals surface area contributed by atoms with Gasteiger partial charge in [0.2, 0.25) is 11.6 Å². The second kappa shape index (κ2) is 3.33. The van der Waals surface area contributed by atoms with Gasteiger partial charge < -0.3 is 9.30 Å². The lowest BCUT2D eigenvalue weighted by molar-refractivity contribution is 0.0913. The molecule has 0 unspecified atom stereocenters. The lowest BCUT2D eigenvalue weighted by atomic mass is 9.97. The molecular formula is C12H13NO3. The predicted octanol–water partition coefficient (Wildman–Crippen LogP) is 1.55. The average Bonchev–Trinajstić information content (AvgIpc) is 2.49. The Kier molecular flexibility index (Phi) is 2.22. The summed E-state index contributed by atoms with van der Waals surface area (Å²) in [5.74, 6) is -0.269. The zero-order valence-corrected chi connectivity index (χ0v) is 9.75. The van der Waals surface area contributed by atoms with Crippen LogP contribution in [0.3, 0.4) is 0 Å². The summed E-state index contributed by atoms with van der Waals surface area (Å²) in [5, 5.41) is 0. The minimum absolute atomic E-state index is 0.117. The van der Waals surface area contributed by atoms with E-state index in [0.29, 0.717) is 11.3 Å². The van der Waals surface area contributed by atoms with E-state index >= 15 is 0 Å². The Morgan fingerprint density at radius 3 is 2.44 bits per heavy atom. The normalized spacial score (nSPS) is 14.9. The van der Waals surface area contributed by atoms with Gasteiger partial charge in [0.1, 0.15) is 5.69 Å². The Hall–Kier alpha value is -1.84. The van der Waals surface area contributed by atoms with Crippen LogP contribution in [0.5, 0.6) is 0 Å². The maximum atomic E-state index is 12.0. The fraction of sp³-hybridized carbons (Fsp3) is 0.333. The highest BCUT2D eigenvalue weighted by Gasteiger charge is 2.32. The van der Waals surface area contributed by atoms with E-state index in [9.17, 15) is 9.59 Å². The maximum Gasteiger partial charge on any atom is 0.230 e. The number of ketones is 2. The molecule has 16 heavy (non-hydrogen) atoms. The van der Waals surface area contributed by atoms with Gasteiger partial charge in [0.05, 0.1) is 12.7 Å². The van der Waals surface area contributed by atoms with Crippen molar-refractivity contribution < 1.29 is 14.3 Å². The minimum Gasteiger partial charge on any atom is -0.492 e. The van der Waals surface area contributed by atoms with Crippen LogP contribution < -0.4 is 0 Å². The van der Waals surface area contributed by atoms with Gasteiger partial charge in [0.25, 0.3) is 0 Å². The molecule has 0 atom stereocenters. The summed E-state index contributed by atoms with van der Waals surface area (Å²) in [6.07, 6.45) is 1.25. The van der Waals surface area contributed by atoms with Gasteiger partial charge >= 0.3 is 0 Å². The molecule has 0 radical (unpaired) electrons. The Morgan fingerprint density at radius 1 is 1.25 bits per heavy atom. The fourth-order valence-electron chi connectivity index (χ4n) is 2.04. The first-order chi connectivity index (χ1) is 7.49. The molecule has 84 valence electrons. The zero-order valence-electron chi connectivity index (χ0n) is 9.75. The summed E-state index contributed by atoms with van der Waals surface area (Å²) < 4.78 is 6.67. The molecule has 4 nitrogen and oxygen atoms in total. The number of fused-ring (bicyclic) bond motifs is 1. The van der Waals surface area contributed by atoms with Gasteiger partial charge in [0.15, 0.2) is 5.76 Å². The summed E-state index contributed by atoms with van der Waals surface area (Å²) in [6, 6.07) is 0. The molecule has 4 heteroatoms. The number of rotatable bonds is 1. The average molecular weight is 219 g/mol. The number of ether oxygens (including phenoxy) is 1. The largest absolute Gasteiger partial charge is 0.492 e. The molecule has 0 amide bonds. The van der Waals surface area contributed by atoms with Crippen LogP contribution in [0.25, 0.3) is 0 Å². The highest BCUT2D eigenvalue weighted by atomic mass is 16.5. The van der Waals surface area contributed by atoms with Gasteiger partial charge in [-0.15, -0.1) is 0 Å². The quantitative estimate of drug-likeness (QED) is 0.720. The second-order valence-corrected chi connectivity index (χ2v) is 3.90. The van der Waals surface area contributed by atoms with Crippen molar-refractivity contribution in [3.63, 3.8) is 0 Å². The number of carbonyl (C=O) groups is 2. The number of aromatic nitrogens is 1. The van der Waals surface area contributed by atoms with Crippen molar-refractivity contribution in [1.82, 2.24) is 4.57 Å². The summed E-state index contributed by atoms with van der Waals surface area (Å²) in [4.78, 5) is 23.9. The van der Waals surface area contributed by atoms with Gasteiger partial charge in [-0.25, -0.2) is 0 Å². The summed E-state index contributed by atoms with van der Waals surface area (Å²) in [7, 11) is 3.19. The van der Waals surface area contributed by atoms with Crippen LogP contribution in [0, 0.1) is 13.8 Å². The Balaban J connectivity index is 2.76. The van der Waals surface area contributed by atoms with Crippen molar-refractivity contribution >= 4 is 11.6 Å². The summed E-state index contributed by atoms with van der Waals surface area (Å²) in [6.45, 7) is 3.73. The molecule has 0 spiro atoms. The van der Waals surface area contributed by atoms with Gasteiger partial charge in [-0.2, -0.15) is 0 Å². The Morgan fingerprint density at radius 2 is 1.88 bits per heavy atom. The Labute approximate surface area is 93.5 Å². The van der Waals surface area contributed by atoms with Crippen LogP contribution in [0.2, 0.25) is 0 Å². The fourth-order valence-corrected chi connectivity index (χ4v) is 2.04. The molecule has 0 fully saturated rings. The van der Waals surface area contributed by atoms with Crippen molar-refractivity contribution in [1.29, 1.82) is 0 Å². The number of Topliss-reactive ketones (excluding diaryl/α,β-unsaturated/α-hetero) is 1. The molecule has 0 bridgehead atoms. The van der Waals surface area contributed by atoms with Gasteiger partial charge in [-0.05, 0) is 19.4 Å². The van der Waals surface area contributed by atoms with Crippen LogP contribution in [0.15, 0.2) is 11.8 Å². The monoisotopic (exact) mass is 219 g/mol. The molecular weight excluding hydrogens is 206 g/mol. The minimum atomic E-state index is -0.210. The van der Waals surface area contributed by atoms with Gasteiger partial charge in [-0.1, -0.05) is 0 Å². The van der Waals surface area contributed by atoms with E-state index in [1.807, 2.05) is 13.8 Å². The standard InChI is InChI=1S/C12H13NO3/c1-6-7(2)13(3)11-8(14)5-9(16-4)12(15)10(6)11/h5H,1-4H3. The molecule has 0 saturated heterocycles. The summed E-state index contributed by atoms with van der Waals surface area (Å²) >= 11 is 0. The summed E-state index contributed by atoms with van der Waals surface area (Å²) in [5.41, 5.74) is 2.71. The smallest absolute Gasteiger partial charge is 0.230 e. The molecule has 0 aliphatic heterocycles. The van der Waals surface area contributed by atoms with Crippen molar-refractivity contribution in [2.75, 3.05) is 7.11 Å². The molecule has 1 aliphatic carbocycles. The van der Waals surface area contributed by atoms with Crippen molar-refractivity contribution in [3.8, 4) is 0 Å². The number of hydrogen-bond donors (Lipinski definition) is 0. The van der Waals surface area contributed by atoms with Gasteiger partial charge in [0, 0.05) is 18.8 Å². The maximum absolute atomic E-state index is 12.0. The van der Waals surface area contributed by atoms with Crippen LogP contribution in [0.1, 0.15) is 32.1 Å². The van der Waals surface area contributed by atoms with E-state index in [4.69, 9.17) is 4.74 Å². The molecule has 1 aromatic rings. The highest BCUT2D eigenvalue weighted by molar-refractivity contribution is 6.24. The first kappa shape index (κ1) is 10.7. The van der Waals surface area contributed by atoms with Crippen LogP contribution >= 0.6 is 0 Å². The molecule has 1 heterocycles. The van der Waals surface area contributed by atoms with E-state index in [1.165, 1.54) is 13.2 Å². The van der Waals surface area contributed by atoms with Gasteiger partial charge in [-0.3, -0.25) is 9.59 Å². The van der Waals surface area contributed by atoms with E-state index in [0.717, 1.165) is 11.3 Å². The zero-order chi connectivity index (χ0) is 12.0. The number of hydrogen-bond acceptors (Lipinski definition) is 3. The van der Waals surface area contributed by atoms with Crippen LogP contribution in [-0.4, -0.2) is 23.2 Å². The number of nitrogens with zero attached hydrogens (tertiary/aromatic N) is 1. The van der Waals surface area contributed by atoms with E-state index < -0.39 is 0 Å². The van der Waals surface area contributed by atoms with Crippen LogP contribution in [-0.2, 0) is 11.8 Å². The number of allylic oxidation sites excluding steroid dienone is 2. The van der Waals surface area contributed by atoms with E-state index in [1.54, 1.807) is 11.6 Å². The lowest BCUT2D eigenvalue weighted by Gasteiger charge is -2.12. The van der Waals surface area contributed by atoms with Crippen molar-refractivity contribution in [3.05, 3.63) is 34.3 Å². The van der Waals surface area contributed by atoms with E-state index in [-0.39, 0.29) is 17.3 Å². The highest BCUT2D eigenvalue weighted by Crippen LogP contribution is 2.28. The molecule has 1 aromatic heterocycles. The molecule has 2 rings (SSSR count). The number of carbonyl (C=O) groups excluding carboxylic acids is 2. The van der Waals surface area contributed by atoms with Crippen molar-refractivity contribution in [2.45, 2.75) is 13.8 Å². The lowest BCUT2D eigenvalue weighted by Crippen LogP contribution is -2.19. The molecule has 0 saturated carbocycles. The third-order valence-corrected chi connectivity index (χ3v) is 3.16. The van der Waals surface area contributed by atoms with Crippen molar-refractivity contribution in [2.24, 2.45) is 7.05 Å². The third-order valence-electron chi connectivity index (χ3n) is 3.16. The first-order valence-corrected chi connectivity index (χ1v) is 4.99. The topological polar surface area (TPSA) is 48.3 Å². The van der Waals surface area contributed by atoms with Crippen LogP contribution in [0.4, 0.5) is 0 Å². The first-order valence-electron chi connectivity index (χ1n) is 4.99. The molecule has 0 aromatic carbocycles. The molecule has 1 aliphatic rings. The predicted molar refractivity (Wildman–Crippen MR) is 58.6 cm³/mol. The van der Waals surface area contributed by atoms with E-state index in [2.05, 4.69) is 0 Å². The molecule has 0 N–H and O–H groups in total. The second-order valence-electron chi connectivity index (χ2n) is 3.90. The number of methoxy groups -OCH3 is 1.